The van der Waals surface area contributed by atoms with Crippen molar-refractivity contribution in [2.24, 2.45) is 0 Å². The molecule has 0 fully saturated rings. The predicted molar refractivity (Wildman–Crippen MR) is 25.1 cm³/mol. The number of nitrogens with one attached hydrogen (secondary N) is 1. The molecule has 0 aliphatic carbocycles. The maximum absolute atomic E-state index is 10.1. The Morgan fingerprint density at radius 1 is 1.86 bits per heavy atom. The van der Waals surface area contributed by atoms with Gasteiger partial charge in [-0.25, -0.2) is 5.48 Å². The highest BCUT2D eigenvalue weighted by atomic mass is 16.6. The molecular weight excluding hydrogens is 94.0 g/mol. The fourth-order valence-electron chi connectivity index (χ4n) is 0.160. The molecule has 0 saturated carbocycles. The average Bonchev–Trinajstić information content (AvgIpc) is 1.68. The lowest BCUT2D eigenvalue weighted by atomic mass is 10.5. The highest BCUT2D eigenvalue weighted by Crippen LogP contribution is 1.69. The van der Waals surface area contributed by atoms with Crippen molar-refractivity contribution in [3.63, 3.8) is 0 Å². The van der Waals surface area contributed by atoms with Gasteiger partial charge in [0.25, 0.3) is 0 Å². The lowest BCUT2D eigenvalue weighted by Crippen LogP contribution is -2.20. The standard InChI is InChI=1S/C4H8NO2/c1-3-4(6)5-7-2/h3H,1-2H3,(H,5,6). The Morgan fingerprint density at radius 2 is 2.43 bits per heavy atom. The molecule has 0 spiro atoms. The molecule has 0 atom stereocenters. The van der Waals surface area contributed by atoms with Gasteiger partial charge in [-0.05, 0) is 0 Å². The largest absolute Gasteiger partial charge is 0.277 e. The predicted octanol–water partition coefficient (Wildman–Crippen LogP) is -0.112. The second-order valence-electron chi connectivity index (χ2n) is 0.959. The Morgan fingerprint density at radius 3 is 2.57 bits per heavy atom. The van der Waals surface area contributed by atoms with Gasteiger partial charge in [0.1, 0.15) is 0 Å². The van der Waals surface area contributed by atoms with E-state index >= 15 is 0 Å². The molecule has 1 radical (unpaired) electrons. The Labute approximate surface area is 42.6 Å². The van der Waals surface area contributed by atoms with E-state index in [2.05, 4.69) is 10.3 Å². The van der Waals surface area contributed by atoms with Gasteiger partial charge >= 0.3 is 0 Å². The molecule has 0 saturated heterocycles. The SMILES string of the molecule is C[CH]C(=O)NOC. The first-order chi connectivity index (χ1) is 3.31. The number of hydrogen-bond donors (Lipinski definition) is 1. The summed E-state index contributed by atoms with van der Waals surface area (Å²) in [4.78, 5) is 14.4. The third kappa shape index (κ3) is 3.26. The number of rotatable bonds is 2. The molecule has 0 aliphatic rings. The summed E-state index contributed by atoms with van der Waals surface area (Å²) in [5.41, 5.74) is 2.10. The van der Waals surface area contributed by atoms with Gasteiger partial charge in [0.2, 0.25) is 5.91 Å². The molecule has 1 N–H and O–H groups in total. The first-order valence-electron chi connectivity index (χ1n) is 1.93. The van der Waals surface area contributed by atoms with E-state index in [-0.39, 0.29) is 5.91 Å². The van der Waals surface area contributed by atoms with Gasteiger partial charge in [-0.15, -0.1) is 0 Å². The van der Waals surface area contributed by atoms with Gasteiger partial charge in [0.15, 0.2) is 0 Å². The zero-order valence-electron chi connectivity index (χ0n) is 4.39. The van der Waals surface area contributed by atoms with Crippen LogP contribution in [0.5, 0.6) is 0 Å². The molecule has 1 amide bonds. The number of carbonyl (C=O) groups is 1. The zero-order valence-corrected chi connectivity index (χ0v) is 4.39. The molecule has 0 aromatic carbocycles. The Bertz CT molecular complexity index is 62.7. The number of hydroxylamine groups is 1. The summed E-state index contributed by atoms with van der Waals surface area (Å²) < 4.78 is 0. The van der Waals surface area contributed by atoms with E-state index < -0.39 is 0 Å². The van der Waals surface area contributed by atoms with Crippen molar-refractivity contribution in [2.45, 2.75) is 6.92 Å². The summed E-state index contributed by atoms with van der Waals surface area (Å²) in [7, 11) is 1.39. The smallest absolute Gasteiger partial charge is 0.247 e. The summed E-state index contributed by atoms with van der Waals surface area (Å²) in [6.45, 7) is 1.63. The highest BCUT2D eigenvalue weighted by molar-refractivity contribution is 5.82. The van der Waals surface area contributed by atoms with Crippen LogP contribution in [0, 0.1) is 6.42 Å². The van der Waals surface area contributed by atoms with Crippen molar-refractivity contribution in [1.29, 1.82) is 0 Å². The third-order valence-electron chi connectivity index (χ3n) is 0.465. The van der Waals surface area contributed by atoms with E-state index in [1.807, 2.05) is 0 Å². The first-order valence-corrected chi connectivity index (χ1v) is 1.93. The average molecular weight is 102 g/mol. The minimum atomic E-state index is -0.220. The lowest BCUT2D eigenvalue weighted by molar-refractivity contribution is -0.127. The van der Waals surface area contributed by atoms with E-state index in [1.54, 1.807) is 6.92 Å². The van der Waals surface area contributed by atoms with Crippen LogP contribution in [0.2, 0.25) is 0 Å². The summed E-state index contributed by atoms with van der Waals surface area (Å²) in [6, 6.07) is 0. The minimum Gasteiger partial charge on any atom is -0.277 e. The normalized spacial score (nSPS) is 8.29. The Balaban J connectivity index is 3.00. The molecule has 41 valence electrons. The van der Waals surface area contributed by atoms with E-state index in [0.717, 1.165) is 0 Å². The van der Waals surface area contributed by atoms with Crippen molar-refractivity contribution in [1.82, 2.24) is 5.48 Å². The fraction of sp³-hybridized carbons (Fsp3) is 0.500. The van der Waals surface area contributed by atoms with Crippen molar-refractivity contribution in [2.75, 3.05) is 7.11 Å². The lowest BCUT2D eigenvalue weighted by Gasteiger charge is -1.93. The quantitative estimate of drug-likeness (QED) is 0.494. The molecule has 0 aliphatic heterocycles. The van der Waals surface area contributed by atoms with Crippen LogP contribution in [0.4, 0.5) is 0 Å². The Hall–Kier alpha value is -0.570. The molecule has 3 heteroatoms. The number of carbonyl (C=O) groups excluding carboxylic acids is 1. The topological polar surface area (TPSA) is 38.3 Å². The van der Waals surface area contributed by atoms with Crippen LogP contribution in [0.25, 0.3) is 0 Å². The molecule has 0 bridgehead atoms. The van der Waals surface area contributed by atoms with Crippen LogP contribution in [-0.4, -0.2) is 13.0 Å². The van der Waals surface area contributed by atoms with Crippen molar-refractivity contribution in [3.8, 4) is 0 Å². The number of hydrogen-bond acceptors (Lipinski definition) is 2. The summed E-state index contributed by atoms with van der Waals surface area (Å²) in [6.07, 6.45) is 1.38. The monoisotopic (exact) mass is 102 g/mol. The van der Waals surface area contributed by atoms with Crippen LogP contribution >= 0.6 is 0 Å². The number of amides is 1. The molecular formula is C4H8NO2. The summed E-state index contributed by atoms with van der Waals surface area (Å²) in [5.74, 6) is -0.220. The van der Waals surface area contributed by atoms with E-state index in [0.29, 0.717) is 0 Å². The van der Waals surface area contributed by atoms with Gasteiger partial charge in [0.05, 0.1) is 7.11 Å². The zero-order chi connectivity index (χ0) is 5.70. The van der Waals surface area contributed by atoms with Crippen LogP contribution < -0.4 is 5.48 Å². The molecule has 0 aromatic rings. The summed E-state index contributed by atoms with van der Waals surface area (Å²) in [5, 5.41) is 0. The van der Waals surface area contributed by atoms with Gasteiger partial charge in [-0.2, -0.15) is 0 Å². The van der Waals surface area contributed by atoms with Crippen LogP contribution in [-0.2, 0) is 9.63 Å². The molecule has 0 unspecified atom stereocenters. The van der Waals surface area contributed by atoms with E-state index in [9.17, 15) is 4.79 Å². The van der Waals surface area contributed by atoms with Crippen molar-refractivity contribution >= 4 is 5.91 Å². The minimum absolute atomic E-state index is 0.220. The fourth-order valence-corrected chi connectivity index (χ4v) is 0.160. The Kier molecular flexibility index (Phi) is 3.32. The van der Waals surface area contributed by atoms with Crippen LogP contribution in [0.15, 0.2) is 0 Å². The molecule has 0 rings (SSSR count). The second kappa shape index (κ2) is 3.61. The molecule has 0 aromatic heterocycles. The second-order valence-corrected chi connectivity index (χ2v) is 0.959. The summed E-state index contributed by atoms with van der Waals surface area (Å²) >= 11 is 0. The van der Waals surface area contributed by atoms with Gasteiger partial charge < -0.3 is 0 Å². The highest BCUT2D eigenvalue weighted by Gasteiger charge is 1.89. The molecule has 7 heavy (non-hydrogen) atoms. The van der Waals surface area contributed by atoms with Gasteiger partial charge in [0, 0.05) is 6.42 Å². The van der Waals surface area contributed by atoms with Crippen molar-refractivity contribution < 1.29 is 9.63 Å². The van der Waals surface area contributed by atoms with Gasteiger partial charge in [-0.1, -0.05) is 6.92 Å². The maximum atomic E-state index is 10.1. The third-order valence-corrected chi connectivity index (χ3v) is 0.465. The molecule has 0 heterocycles. The van der Waals surface area contributed by atoms with Crippen LogP contribution in [0.3, 0.4) is 0 Å². The maximum Gasteiger partial charge on any atom is 0.247 e. The first kappa shape index (κ1) is 6.43. The van der Waals surface area contributed by atoms with Crippen molar-refractivity contribution in [3.05, 3.63) is 6.42 Å². The van der Waals surface area contributed by atoms with E-state index in [1.165, 1.54) is 13.5 Å². The van der Waals surface area contributed by atoms with Crippen LogP contribution in [0.1, 0.15) is 6.92 Å². The molecule has 3 nitrogen and oxygen atoms in total. The van der Waals surface area contributed by atoms with Gasteiger partial charge in [-0.3, -0.25) is 9.63 Å². The van der Waals surface area contributed by atoms with E-state index in [4.69, 9.17) is 0 Å².